The lowest BCUT2D eigenvalue weighted by Crippen LogP contribution is -2.46. The van der Waals surface area contributed by atoms with E-state index in [9.17, 15) is 13.2 Å². The van der Waals surface area contributed by atoms with Gasteiger partial charge >= 0.3 is 0 Å². The summed E-state index contributed by atoms with van der Waals surface area (Å²) < 4.78 is 44.3. The van der Waals surface area contributed by atoms with Crippen LogP contribution in [0.25, 0.3) is 10.9 Å². The molecule has 1 aliphatic heterocycles. The number of hydrogen-bond acceptors (Lipinski definition) is 5. The molecule has 8 heteroatoms. The van der Waals surface area contributed by atoms with Gasteiger partial charge in [0.05, 0.1) is 21.5 Å². The molecule has 2 aromatic carbocycles. The Labute approximate surface area is 206 Å². The number of hydrogen-bond donors (Lipinski definition) is 0. The van der Waals surface area contributed by atoms with Gasteiger partial charge in [-0.25, -0.2) is 12.8 Å². The van der Waals surface area contributed by atoms with Gasteiger partial charge in [0.25, 0.3) is 0 Å². The maximum absolute atomic E-state index is 15.4. The number of benzene rings is 2. The van der Waals surface area contributed by atoms with Crippen molar-refractivity contribution in [1.29, 1.82) is 0 Å². The Morgan fingerprint density at radius 2 is 1.60 bits per heavy atom. The molecule has 0 radical (unpaired) electrons. The normalized spacial score (nSPS) is 15.2. The second-order valence-corrected chi connectivity index (χ2v) is 11.3. The molecule has 1 aromatic heterocycles. The Kier molecular flexibility index (Phi) is 7.33. The van der Waals surface area contributed by atoms with Crippen molar-refractivity contribution in [2.24, 2.45) is 0 Å². The van der Waals surface area contributed by atoms with E-state index < -0.39 is 21.1 Å². The Morgan fingerprint density at radius 1 is 0.914 bits per heavy atom. The van der Waals surface area contributed by atoms with Crippen molar-refractivity contribution in [2.45, 2.75) is 56.9 Å². The van der Waals surface area contributed by atoms with Crippen molar-refractivity contribution in [2.75, 3.05) is 37.6 Å². The molecule has 1 aliphatic rings. The average molecular weight is 500 g/mol. The van der Waals surface area contributed by atoms with Gasteiger partial charge in [-0.3, -0.25) is 9.69 Å². The smallest absolute Gasteiger partial charge is 0.212 e. The van der Waals surface area contributed by atoms with Crippen LogP contribution in [0.5, 0.6) is 0 Å². The molecule has 0 aliphatic carbocycles. The van der Waals surface area contributed by atoms with E-state index in [2.05, 4.69) is 11.8 Å². The summed E-state index contributed by atoms with van der Waals surface area (Å²) in [7, 11) is -4.08. The third-order valence-corrected chi connectivity index (χ3v) is 8.64. The lowest BCUT2D eigenvalue weighted by atomic mass is 10.1. The molecule has 0 unspecified atom stereocenters. The van der Waals surface area contributed by atoms with Gasteiger partial charge in [0.1, 0.15) is 10.7 Å². The van der Waals surface area contributed by atoms with E-state index in [-0.39, 0.29) is 15.2 Å². The summed E-state index contributed by atoms with van der Waals surface area (Å²) in [4.78, 5) is 17.7. The van der Waals surface area contributed by atoms with Crippen LogP contribution in [0.3, 0.4) is 0 Å². The molecule has 0 atom stereocenters. The molecule has 6 nitrogen and oxygen atoms in total. The highest BCUT2D eigenvalue weighted by atomic mass is 32.2. The maximum atomic E-state index is 15.4. The van der Waals surface area contributed by atoms with Crippen molar-refractivity contribution in [3.05, 3.63) is 63.7 Å². The number of sulfone groups is 1. The standard InChI is InChI=1S/C27H34FN3O3S/c1-5-9-29-11-13-30(14-12-29)24-17-23-21(16-22(24)28)27(32)26(18-31(23)10-6-2)35(33,34)25-15-19(3)7-8-20(25)4/h7-8,15-18H,5-6,9-14H2,1-4H3. The Bertz CT molecular complexity index is 1410. The first-order valence-corrected chi connectivity index (χ1v) is 13.8. The van der Waals surface area contributed by atoms with Gasteiger partial charge in [0.15, 0.2) is 0 Å². The molecule has 188 valence electrons. The Morgan fingerprint density at radius 3 is 2.26 bits per heavy atom. The van der Waals surface area contributed by atoms with E-state index >= 15 is 4.39 Å². The zero-order valence-corrected chi connectivity index (χ0v) is 21.8. The number of piperazine rings is 1. The minimum Gasteiger partial charge on any atom is -0.367 e. The number of anilines is 1. The number of pyridine rings is 1. The van der Waals surface area contributed by atoms with Gasteiger partial charge in [-0.1, -0.05) is 26.0 Å². The number of aromatic nitrogens is 1. The second kappa shape index (κ2) is 10.1. The van der Waals surface area contributed by atoms with Crippen LogP contribution in [0.4, 0.5) is 10.1 Å². The first kappa shape index (κ1) is 25.4. The third-order valence-electron chi connectivity index (χ3n) is 6.76. The molecule has 0 saturated carbocycles. The first-order valence-electron chi connectivity index (χ1n) is 12.3. The topological polar surface area (TPSA) is 62.6 Å². The Balaban J connectivity index is 1.85. The molecule has 1 fully saturated rings. The maximum Gasteiger partial charge on any atom is 0.212 e. The van der Waals surface area contributed by atoms with E-state index in [1.165, 1.54) is 12.3 Å². The Hall–Kier alpha value is -2.71. The second-order valence-electron chi connectivity index (χ2n) is 9.44. The molecule has 1 saturated heterocycles. The van der Waals surface area contributed by atoms with Crippen molar-refractivity contribution in [3.63, 3.8) is 0 Å². The minimum atomic E-state index is -4.08. The lowest BCUT2D eigenvalue weighted by molar-refractivity contribution is 0.258. The highest BCUT2D eigenvalue weighted by Gasteiger charge is 2.27. The fraction of sp³-hybridized carbons (Fsp3) is 0.444. The summed E-state index contributed by atoms with van der Waals surface area (Å²) in [6, 6.07) is 8.09. The zero-order valence-electron chi connectivity index (χ0n) is 21.0. The van der Waals surface area contributed by atoms with Crippen LogP contribution in [0, 0.1) is 19.7 Å². The van der Waals surface area contributed by atoms with E-state index in [1.807, 2.05) is 24.8 Å². The van der Waals surface area contributed by atoms with Crippen LogP contribution < -0.4 is 10.3 Å². The zero-order chi connectivity index (χ0) is 25.3. The lowest BCUT2D eigenvalue weighted by Gasteiger charge is -2.36. The van der Waals surface area contributed by atoms with Crippen LogP contribution in [-0.4, -0.2) is 50.6 Å². The van der Waals surface area contributed by atoms with Gasteiger partial charge in [-0.2, -0.15) is 0 Å². The summed E-state index contributed by atoms with van der Waals surface area (Å²) in [5.74, 6) is -0.497. The fourth-order valence-corrected chi connectivity index (χ4v) is 6.57. The number of halogens is 1. The van der Waals surface area contributed by atoms with E-state index in [0.717, 1.165) is 38.0 Å². The van der Waals surface area contributed by atoms with Gasteiger partial charge in [-0.05, 0) is 62.6 Å². The van der Waals surface area contributed by atoms with Gasteiger partial charge in [0, 0.05) is 38.9 Å². The number of fused-ring (bicyclic) bond motifs is 1. The molecular formula is C27H34FN3O3S. The molecule has 0 spiro atoms. The van der Waals surface area contributed by atoms with Gasteiger partial charge in [0.2, 0.25) is 15.3 Å². The van der Waals surface area contributed by atoms with Crippen LogP contribution >= 0.6 is 0 Å². The van der Waals surface area contributed by atoms with E-state index in [4.69, 9.17) is 0 Å². The fourth-order valence-electron chi connectivity index (χ4n) is 4.88. The summed E-state index contributed by atoms with van der Waals surface area (Å²) >= 11 is 0. The molecule has 0 bridgehead atoms. The van der Waals surface area contributed by atoms with Crippen molar-refractivity contribution >= 4 is 26.4 Å². The highest BCUT2D eigenvalue weighted by molar-refractivity contribution is 7.91. The van der Waals surface area contributed by atoms with Crippen LogP contribution in [-0.2, 0) is 16.4 Å². The molecule has 2 heterocycles. The quantitative estimate of drug-likeness (QED) is 0.478. The molecule has 35 heavy (non-hydrogen) atoms. The summed E-state index contributed by atoms with van der Waals surface area (Å²) in [5, 5.41) is 0.0932. The van der Waals surface area contributed by atoms with Crippen molar-refractivity contribution in [3.8, 4) is 0 Å². The molecular weight excluding hydrogens is 465 g/mol. The summed E-state index contributed by atoms with van der Waals surface area (Å²) in [5.41, 5.74) is 1.72. The van der Waals surface area contributed by atoms with E-state index in [0.29, 0.717) is 36.4 Å². The van der Waals surface area contributed by atoms with Crippen LogP contribution in [0.1, 0.15) is 37.8 Å². The monoisotopic (exact) mass is 499 g/mol. The minimum absolute atomic E-state index is 0.0932. The molecule has 3 aromatic rings. The van der Waals surface area contributed by atoms with Gasteiger partial charge < -0.3 is 9.47 Å². The summed E-state index contributed by atoms with van der Waals surface area (Å²) in [6.45, 7) is 12.3. The summed E-state index contributed by atoms with van der Waals surface area (Å²) in [6.07, 6.45) is 3.26. The molecule has 4 rings (SSSR count). The first-order chi connectivity index (χ1) is 16.7. The van der Waals surface area contributed by atoms with Crippen LogP contribution in [0.2, 0.25) is 0 Å². The molecule has 0 N–H and O–H groups in total. The van der Waals surface area contributed by atoms with Crippen molar-refractivity contribution in [1.82, 2.24) is 9.47 Å². The van der Waals surface area contributed by atoms with Crippen LogP contribution in [0.15, 0.2) is 51.1 Å². The number of rotatable bonds is 7. The predicted molar refractivity (Wildman–Crippen MR) is 139 cm³/mol. The van der Waals surface area contributed by atoms with Gasteiger partial charge in [-0.15, -0.1) is 0 Å². The SMILES string of the molecule is CCCN1CCN(c2cc3c(cc2F)c(=O)c(S(=O)(=O)c2cc(C)ccc2C)cn3CCC)CC1. The van der Waals surface area contributed by atoms with E-state index in [1.54, 1.807) is 29.7 Å². The highest BCUT2D eigenvalue weighted by Crippen LogP contribution is 2.29. The molecule has 0 amide bonds. The third kappa shape index (κ3) is 4.86. The largest absolute Gasteiger partial charge is 0.367 e. The predicted octanol–water partition coefficient (Wildman–Crippen LogP) is 4.53. The van der Waals surface area contributed by atoms with Crippen molar-refractivity contribution < 1.29 is 12.8 Å². The average Bonchev–Trinajstić information content (AvgIpc) is 2.83. The number of aryl methyl sites for hydroxylation is 3. The number of nitrogens with zero attached hydrogens (tertiary/aromatic N) is 3.